The van der Waals surface area contributed by atoms with Crippen molar-refractivity contribution in [2.75, 3.05) is 6.54 Å². The number of carboxylic acid groups (broad SMARTS) is 1. The molecule has 0 aliphatic rings. The maximum Gasteiger partial charge on any atom is 0.326 e. The predicted molar refractivity (Wildman–Crippen MR) is 61.9 cm³/mol. The van der Waals surface area contributed by atoms with Gasteiger partial charge in [0.05, 0.1) is 0 Å². The zero-order valence-electron chi connectivity index (χ0n) is 10.0. The molecule has 1 amide bonds. The fourth-order valence-electron chi connectivity index (χ4n) is 1.36. The Morgan fingerprint density at radius 3 is 2.44 bits per heavy atom. The number of unbranched alkanes of at least 4 members (excludes halogenated alkanes) is 1. The highest BCUT2D eigenvalue weighted by atomic mass is 16.4. The lowest BCUT2D eigenvalue weighted by Gasteiger charge is -2.17. The molecular weight excluding hydrogens is 208 g/mol. The molecule has 2 unspecified atom stereocenters. The second kappa shape index (κ2) is 8.10. The van der Waals surface area contributed by atoms with E-state index in [0.29, 0.717) is 19.4 Å². The van der Waals surface area contributed by atoms with Gasteiger partial charge in [-0.2, -0.15) is 0 Å². The van der Waals surface area contributed by atoms with Crippen molar-refractivity contribution in [3.05, 3.63) is 0 Å². The fourth-order valence-corrected chi connectivity index (χ4v) is 1.36. The van der Waals surface area contributed by atoms with E-state index in [1.54, 1.807) is 6.92 Å². The quantitative estimate of drug-likeness (QED) is 0.573. The summed E-state index contributed by atoms with van der Waals surface area (Å²) in [5.41, 5.74) is 5.34. The molecule has 0 spiro atoms. The van der Waals surface area contributed by atoms with Crippen molar-refractivity contribution >= 4 is 11.9 Å². The van der Waals surface area contributed by atoms with Crippen LogP contribution in [-0.4, -0.2) is 29.6 Å². The van der Waals surface area contributed by atoms with Crippen molar-refractivity contribution < 1.29 is 14.7 Å². The van der Waals surface area contributed by atoms with Crippen molar-refractivity contribution in [1.29, 1.82) is 0 Å². The third kappa shape index (κ3) is 5.70. The van der Waals surface area contributed by atoms with Crippen LogP contribution in [0.2, 0.25) is 0 Å². The van der Waals surface area contributed by atoms with Gasteiger partial charge in [-0.15, -0.1) is 0 Å². The average molecular weight is 230 g/mol. The normalized spacial score (nSPS) is 14.2. The Hall–Kier alpha value is -1.10. The van der Waals surface area contributed by atoms with E-state index in [1.807, 2.05) is 6.92 Å². The van der Waals surface area contributed by atoms with Crippen molar-refractivity contribution in [2.45, 2.75) is 45.6 Å². The molecule has 0 aromatic rings. The number of carbonyl (C=O) groups excluding carboxylic acids is 1. The van der Waals surface area contributed by atoms with Crippen molar-refractivity contribution in [3.8, 4) is 0 Å². The monoisotopic (exact) mass is 230 g/mol. The first-order valence-corrected chi connectivity index (χ1v) is 5.76. The summed E-state index contributed by atoms with van der Waals surface area (Å²) in [5, 5.41) is 11.5. The van der Waals surface area contributed by atoms with Gasteiger partial charge in [-0.1, -0.05) is 26.7 Å². The highest BCUT2D eigenvalue weighted by Gasteiger charge is 2.21. The summed E-state index contributed by atoms with van der Waals surface area (Å²) in [6.07, 6.45) is 2.76. The van der Waals surface area contributed by atoms with E-state index in [4.69, 9.17) is 10.8 Å². The largest absolute Gasteiger partial charge is 0.480 e. The molecule has 0 saturated heterocycles. The molecule has 0 aliphatic heterocycles. The fraction of sp³-hybridized carbons (Fsp3) is 0.818. The molecule has 0 aliphatic carbocycles. The first-order valence-electron chi connectivity index (χ1n) is 5.76. The number of hydrogen-bond donors (Lipinski definition) is 3. The first-order chi connectivity index (χ1) is 7.52. The van der Waals surface area contributed by atoms with Crippen LogP contribution in [0, 0.1) is 5.92 Å². The van der Waals surface area contributed by atoms with Crippen LogP contribution in [0.5, 0.6) is 0 Å². The molecule has 4 N–H and O–H groups in total. The summed E-state index contributed by atoms with van der Waals surface area (Å²) in [7, 11) is 0. The van der Waals surface area contributed by atoms with Gasteiger partial charge in [-0.3, -0.25) is 4.79 Å². The number of rotatable bonds is 8. The van der Waals surface area contributed by atoms with Gasteiger partial charge in [0.25, 0.3) is 0 Å². The zero-order chi connectivity index (χ0) is 12.6. The van der Waals surface area contributed by atoms with Crippen LogP contribution in [0.1, 0.15) is 39.5 Å². The Balaban J connectivity index is 4.17. The molecule has 0 saturated carbocycles. The minimum Gasteiger partial charge on any atom is -0.480 e. The highest BCUT2D eigenvalue weighted by Crippen LogP contribution is 2.05. The molecule has 2 atom stereocenters. The number of nitrogens with one attached hydrogen (secondary N) is 1. The van der Waals surface area contributed by atoms with Crippen LogP contribution >= 0.6 is 0 Å². The third-order valence-electron chi connectivity index (χ3n) is 2.51. The summed E-state index contributed by atoms with van der Waals surface area (Å²) >= 11 is 0. The van der Waals surface area contributed by atoms with Gasteiger partial charge in [0.1, 0.15) is 6.04 Å². The molecule has 0 heterocycles. The molecule has 0 aromatic heterocycles. The first kappa shape index (κ1) is 14.9. The van der Waals surface area contributed by atoms with Crippen molar-refractivity contribution in [3.63, 3.8) is 0 Å². The van der Waals surface area contributed by atoms with Crippen LogP contribution in [-0.2, 0) is 9.59 Å². The molecule has 0 aromatic carbocycles. The van der Waals surface area contributed by atoms with Crippen LogP contribution in [0.3, 0.4) is 0 Å². The Kier molecular flexibility index (Phi) is 7.54. The Morgan fingerprint density at radius 2 is 2.00 bits per heavy atom. The second-order valence-electron chi connectivity index (χ2n) is 4.02. The number of hydrogen-bond acceptors (Lipinski definition) is 3. The Labute approximate surface area is 96.4 Å². The average Bonchev–Trinajstić information content (AvgIpc) is 2.23. The lowest BCUT2D eigenvalue weighted by atomic mass is 10.1. The maximum atomic E-state index is 11.6. The van der Waals surface area contributed by atoms with E-state index >= 15 is 0 Å². The number of carboxylic acids is 1. The van der Waals surface area contributed by atoms with Crippen LogP contribution < -0.4 is 11.1 Å². The Morgan fingerprint density at radius 1 is 1.38 bits per heavy atom. The lowest BCUT2D eigenvalue weighted by Crippen LogP contribution is -2.43. The molecule has 5 nitrogen and oxygen atoms in total. The van der Waals surface area contributed by atoms with Gasteiger partial charge in [0.2, 0.25) is 5.91 Å². The molecule has 0 fully saturated rings. The van der Waals surface area contributed by atoms with E-state index in [1.165, 1.54) is 0 Å². The summed E-state index contributed by atoms with van der Waals surface area (Å²) in [5.74, 6) is -1.43. The summed E-state index contributed by atoms with van der Waals surface area (Å²) < 4.78 is 0. The van der Waals surface area contributed by atoms with Gasteiger partial charge >= 0.3 is 5.97 Å². The minimum atomic E-state index is -0.971. The number of aliphatic carboxylic acids is 1. The summed E-state index contributed by atoms with van der Waals surface area (Å²) in [6.45, 7) is 4.17. The van der Waals surface area contributed by atoms with Gasteiger partial charge < -0.3 is 16.2 Å². The standard InChI is InChI=1S/C11H22N2O3/c1-3-4-5-9(11(15)16)13-10(14)8(2)6-7-12/h8-9H,3-7,12H2,1-2H3,(H,13,14)(H,15,16). The SMILES string of the molecule is CCCCC(NC(=O)C(C)CCN)C(=O)O. The third-order valence-corrected chi connectivity index (χ3v) is 2.51. The summed E-state index contributed by atoms with van der Waals surface area (Å²) in [4.78, 5) is 22.5. The van der Waals surface area contributed by atoms with Crippen LogP contribution in [0.25, 0.3) is 0 Å². The van der Waals surface area contributed by atoms with Crippen molar-refractivity contribution in [1.82, 2.24) is 5.32 Å². The Bertz CT molecular complexity index is 231. The topological polar surface area (TPSA) is 92.4 Å². The van der Waals surface area contributed by atoms with E-state index in [2.05, 4.69) is 5.32 Å². The minimum absolute atomic E-state index is 0.228. The summed E-state index contributed by atoms with van der Waals surface area (Å²) in [6, 6.07) is -0.771. The van der Waals surface area contributed by atoms with Gasteiger partial charge in [0.15, 0.2) is 0 Å². The molecule has 0 radical (unpaired) electrons. The zero-order valence-corrected chi connectivity index (χ0v) is 10.0. The van der Waals surface area contributed by atoms with E-state index in [9.17, 15) is 9.59 Å². The smallest absolute Gasteiger partial charge is 0.326 e. The van der Waals surface area contributed by atoms with E-state index < -0.39 is 12.0 Å². The molecule has 5 heteroatoms. The van der Waals surface area contributed by atoms with Crippen molar-refractivity contribution in [2.24, 2.45) is 11.7 Å². The molecular formula is C11H22N2O3. The van der Waals surface area contributed by atoms with Crippen LogP contribution in [0.15, 0.2) is 0 Å². The van der Waals surface area contributed by atoms with Gasteiger partial charge in [-0.05, 0) is 19.4 Å². The molecule has 0 bridgehead atoms. The highest BCUT2D eigenvalue weighted by molar-refractivity contribution is 5.84. The van der Waals surface area contributed by atoms with E-state index in [0.717, 1.165) is 12.8 Å². The van der Waals surface area contributed by atoms with Gasteiger partial charge in [-0.25, -0.2) is 4.79 Å². The molecule has 16 heavy (non-hydrogen) atoms. The van der Waals surface area contributed by atoms with E-state index in [-0.39, 0.29) is 11.8 Å². The van der Waals surface area contributed by atoms with Crippen LogP contribution in [0.4, 0.5) is 0 Å². The molecule has 0 rings (SSSR count). The predicted octanol–water partition coefficient (Wildman–Crippen LogP) is 0.731. The number of carbonyl (C=O) groups is 2. The van der Waals surface area contributed by atoms with Gasteiger partial charge in [0, 0.05) is 5.92 Å². The molecule has 94 valence electrons. The second-order valence-corrected chi connectivity index (χ2v) is 4.02. The lowest BCUT2D eigenvalue weighted by molar-refractivity contribution is -0.142. The number of nitrogens with two attached hydrogens (primary N) is 1. The number of amides is 1. The maximum absolute atomic E-state index is 11.6.